The second kappa shape index (κ2) is 6.69. The zero-order valence-corrected chi connectivity index (χ0v) is 9.01. The zero-order chi connectivity index (χ0) is 10.2. The second-order valence-electron chi connectivity index (χ2n) is 2.63. The Morgan fingerprint density at radius 2 is 2.36 bits per heavy atom. The Morgan fingerprint density at radius 3 is 3.00 bits per heavy atom. The number of aliphatic hydroxyl groups excluding tert-OH is 1. The molecule has 80 valence electrons. The molecule has 0 unspecified atom stereocenters. The first-order valence-corrected chi connectivity index (χ1v) is 5.39. The van der Waals surface area contributed by atoms with Gasteiger partial charge in [-0.15, -0.1) is 0 Å². The summed E-state index contributed by atoms with van der Waals surface area (Å²) in [7, 11) is 0. The van der Waals surface area contributed by atoms with E-state index in [9.17, 15) is 0 Å². The van der Waals surface area contributed by atoms with Crippen LogP contribution in [0.15, 0.2) is 0 Å². The van der Waals surface area contributed by atoms with Gasteiger partial charge in [-0.2, -0.15) is 4.37 Å². The first-order valence-electron chi connectivity index (χ1n) is 4.62. The number of hydrogen-bond acceptors (Lipinski definition) is 6. The highest BCUT2D eigenvalue weighted by Gasteiger charge is 1.99. The van der Waals surface area contributed by atoms with Gasteiger partial charge < -0.3 is 15.2 Å². The molecule has 1 aromatic heterocycles. The van der Waals surface area contributed by atoms with Gasteiger partial charge >= 0.3 is 0 Å². The fourth-order valence-electron chi connectivity index (χ4n) is 0.866. The maximum Gasteiger partial charge on any atom is 0.202 e. The maximum absolute atomic E-state index is 8.45. The molecule has 0 amide bonds. The van der Waals surface area contributed by atoms with Crippen LogP contribution in [-0.4, -0.2) is 40.8 Å². The quantitative estimate of drug-likeness (QED) is 0.652. The van der Waals surface area contributed by atoms with E-state index in [0.29, 0.717) is 19.8 Å². The van der Waals surface area contributed by atoms with Gasteiger partial charge in [0, 0.05) is 24.5 Å². The molecule has 14 heavy (non-hydrogen) atoms. The number of hydrogen-bond donors (Lipinski definition) is 2. The molecule has 5 nitrogen and oxygen atoms in total. The fourth-order valence-corrected chi connectivity index (χ4v) is 1.54. The van der Waals surface area contributed by atoms with E-state index in [1.165, 1.54) is 11.5 Å². The smallest absolute Gasteiger partial charge is 0.202 e. The van der Waals surface area contributed by atoms with Gasteiger partial charge in [-0.3, -0.25) is 0 Å². The number of nitrogens with zero attached hydrogens (tertiary/aromatic N) is 2. The van der Waals surface area contributed by atoms with Crippen LogP contribution in [0.3, 0.4) is 0 Å². The normalized spacial score (nSPS) is 10.4. The van der Waals surface area contributed by atoms with Crippen molar-refractivity contribution in [1.29, 1.82) is 0 Å². The molecule has 0 aliphatic heterocycles. The van der Waals surface area contributed by atoms with Crippen molar-refractivity contribution in [2.45, 2.75) is 13.3 Å². The number of aromatic nitrogens is 2. The van der Waals surface area contributed by atoms with Crippen LogP contribution in [0.2, 0.25) is 0 Å². The van der Waals surface area contributed by atoms with Crippen LogP contribution < -0.4 is 5.32 Å². The van der Waals surface area contributed by atoms with Crippen LogP contribution in [0.5, 0.6) is 0 Å². The van der Waals surface area contributed by atoms with Crippen molar-refractivity contribution >= 4 is 16.7 Å². The third-order valence-corrected chi connectivity index (χ3v) is 2.25. The van der Waals surface area contributed by atoms with Crippen molar-refractivity contribution in [2.75, 3.05) is 31.7 Å². The Balaban J connectivity index is 2.12. The summed E-state index contributed by atoms with van der Waals surface area (Å²) >= 11 is 1.36. The molecule has 0 fully saturated rings. The summed E-state index contributed by atoms with van der Waals surface area (Å²) in [5.74, 6) is 0.869. The predicted molar refractivity (Wildman–Crippen MR) is 55.7 cm³/mol. The van der Waals surface area contributed by atoms with Crippen LogP contribution >= 0.6 is 11.5 Å². The molecule has 0 aliphatic carbocycles. The number of ether oxygens (including phenoxy) is 1. The minimum absolute atomic E-state index is 0.0682. The van der Waals surface area contributed by atoms with E-state index in [1.807, 2.05) is 6.92 Å². The minimum Gasteiger partial charge on any atom is -0.394 e. The van der Waals surface area contributed by atoms with E-state index in [-0.39, 0.29) is 6.61 Å². The third-order valence-electron chi connectivity index (χ3n) is 1.54. The van der Waals surface area contributed by atoms with E-state index >= 15 is 0 Å². The van der Waals surface area contributed by atoms with Gasteiger partial charge in [-0.25, -0.2) is 4.98 Å². The summed E-state index contributed by atoms with van der Waals surface area (Å²) in [5, 5.41) is 12.4. The van der Waals surface area contributed by atoms with Gasteiger partial charge in [0.2, 0.25) is 5.13 Å². The highest BCUT2D eigenvalue weighted by molar-refractivity contribution is 7.09. The summed E-state index contributed by atoms with van der Waals surface area (Å²) < 4.78 is 9.22. The molecule has 0 atom stereocenters. The molecule has 0 aromatic carbocycles. The molecule has 0 radical (unpaired) electrons. The lowest BCUT2D eigenvalue weighted by molar-refractivity contribution is 0.0992. The molecule has 0 bridgehead atoms. The Morgan fingerprint density at radius 1 is 1.50 bits per heavy atom. The van der Waals surface area contributed by atoms with Crippen LogP contribution in [0, 0.1) is 0 Å². The van der Waals surface area contributed by atoms with Crippen LogP contribution in [0.4, 0.5) is 5.13 Å². The Bertz CT molecular complexity index is 254. The van der Waals surface area contributed by atoms with Crippen LogP contribution in [0.25, 0.3) is 0 Å². The van der Waals surface area contributed by atoms with Crippen molar-refractivity contribution in [2.24, 2.45) is 0 Å². The molecule has 0 aliphatic rings. The fraction of sp³-hybridized carbons (Fsp3) is 0.750. The number of aliphatic hydroxyl groups is 1. The largest absolute Gasteiger partial charge is 0.394 e. The van der Waals surface area contributed by atoms with Gasteiger partial charge in [0.25, 0.3) is 0 Å². The maximum atomic E-state index is 8.45. The van der Waals surface area contributed by atoms with Gasteiger partial charge in [-0.05, 0) is 0 Å². The van der Waals surface area contributed by atoms with E-state index in [0.717, 1.165) is 17.4 Å². The van der Waals surface area contributed by atoms with Gasteiger partial charge in [-0.1, -0.05) is 6.92 Å². The minimum atomic E-state index is 0.0682. The molecule has 0 saturated heterocycles. The summed E-state index contributed by atoms with van der Waals surface area (Å²) in [6.45, 7) is 3.74. The highest BCUT2D eigenvalue weighted by atomic mass is 32.1. The van der Waals surface area contributed by atoms with Crippen molar-refractivity contribution < 1.29 is 9.84 Å². The zero-order valence-electron chi connectivity index (χ0n) is 8.19. The van der Waals surface area contributed by atoms with Crippen molar-refractivity contribution in [3.05, 3.63) is 5.82 Å². The van der Waals surface area contributed by atoms with Crippen molar-refractivity contribution in [1.82, 2.24) is 9.36 Å². The van der Waals surface area contributed by atoms with Crippen molar-refractivity contribution in [3.8, 4) is 0 Å². The standard InChI is InChI=1S/C8H15N3O2S/c1-2-7-10-8(14-11-7)9-3-5-13-6-4-12/h12H,2-6H2,1H3,(H,9,10,11). The molecule has 6 heteroatoms. The average Bonchev–Trinajstić information content (AvgIpc) is 2.65. The molecule has 2 N–H and O–H groups in total. The third kappa shape index (κ3) is 3.99. The lowest BCUT2D eigenvalue weighted by Crippen LogP contribution is -2.11. The van der Waals surface area contributed by atoms with E-state index in [2.05, 4.69) is 14.7 Å². The highest BCUT2D eigenvalue weighted by Crippen LogP contribution is 2.10. The van der Waals surface area contributed by atoms with E-state index < -0.39 is 0 Å². The number of rotatable bonds is 7. The Kier molecular flexibility index (Phi) is 5.43. The van der Waals surface area contributed by atoms with E-state index in [1.54, 1.807) is 0 Å². The van der Waals surface area contributed by atoms with Gasteiger partial charge in [0.05, 0.1) is 19.8 Å². The van der Waals surface area contributed by atoms with Crippen LogP contribution in [-0.2, 0) is 11.2 Å². The summed E-state index contributed by atoms with van der Waals surface area (Å²) in [6.07, 6.45) is 0.860. The topological polar surface area (TPSA) is 67.3 Å². The predicted octanol–water partition coefficient (Wildman–Crippen LogP) is 0.521. The lowest BCUT2D eigenvalue weighted by atomic mass is 10.5. The number of nitrogens with one attached hydrogen (secondary N) is 1. The van der Waals surface area contributed by atoms with E-state index in [4.69, 9.17) is 9.84 Å². The first kappa shape index (κ1) is 11.4. The van der Waals surface area contributed by atoms with Crippen LogP contribution in [0.1, 0.15) is 12.7 Å². The Labute approximate surface area is 87.3 Å². The molecule has 1 rings (SSSR count). The average molecular weight is 217 g/mol. The number of anilines is 1. The molecular weight excluding hydrogens is 202 g/mol. The Hall–Kier alpha value is -0.720. The number of aryl methyl sites for hydroxylation is 1. The molecule has 1 aromatic rings. The second-order valence-corrected chi connectivity index (χ2v) is 3.38. The van der Waals surface area contributed by atoms with Crippen molar-refractivity contribution in [3.63, 3.8) is 0 Å². The molecule has 1 heterocycles. The first-order chi connectivity index (χ1) is 6.86. The summed E-state index contributed by atoms with van der Waals surface area (Å²) in [5.41, 5.74) is 0. The summed E-state index contributed by atoms with van der Waals surface area (Å²) in [4.78, 5) is 4.24. The van der Waals surface area contributed by atoms with Gasteiger partial charge in [0.1, 0.15) is 5.82 Å². The SMILES string of the molecule is CCc1nsc(NCCOCCO)n1. The molecule has 0 spiro atoms. The molecular formula is C8H15N3O2S. The monoisotopic (exact) mass is 217 g/mol. The van der Waals surface area contributed by atoms with Gasteiger partial charge in [0.15, 0.2) is 0 Å². The molecule has 0 saturated carbocycles. The lowest BCUT2D eigenvalue weighted by Gasteiger charge is -2.02. The summed E-state index contributed by atoms with van der Waals surface area (Å²) in [6, 6.07) is 0.